The maximum Gasteiger partial charge on any atom is 0.509 e. The highest BCUT2D eigenvalue weighted by Gasteiger charge is 2.16. The first-order chi connectivity index (χ1) is 8.37. The molecule has 0 aliphatic rings. The van der Waals surface area contributed by atoms with Crippen LogP contribution in [0, 0.1) is 5.82 Å². The van der Waals surface area contributed by atoms with Gasteiger partial charge in [0.25, 0.3) is 0 Å². The summed E-state index contributed by atoms with van der Waals surface area (Å²) >= 11 is 0. The fraction of sp³-hybridized carbons (Fsp3) is 0.357. The number of carbonyl (C=O) groups is 1. The van der Waals surface area contributed by atoms with E-state index in [-0.39, 0.29) is 12.4 Å². The highest BCUT2D eigenvalue weighted by molar-refractivity contribution is 5.61. The Balaban J connectivity index is 2.36. The van der Waals surface area contributed by atoms with E-state index in [1.165, 1.54) is 12.1 Å². The second kappa shape index (κ2) is 6.19. The monoisotopic (exact) mass is 252 g/mol. The van der Waals surface area contributed by atoms with Crippen LogP contribution in [-0.4, -0.2) is 18.4 Å². The van der Waals surface area contributed by atoms with Crippen LogP contribution >= 0.6 is 0 Å². The van der Waals surface area contributed by atoms with Crippen LogP contribution in [0.2, 0.25) is 0 Å². The third kappa shape index (κ3) is 6.03. The molecule has 3 nitrogen and oxygen atoms in total. The van der Waals surface area contributed by atoms with Gasteiger partial charge in [0.15, 0.2) is 0 Å². The number of rotatable bonds is 3. The molecular formula is C14H17FO3. The molecule has 0 spiro atoms. The molecule has 0 atom stereocenters. The van der Waals surface area contributed by atoms with Gasteiger partial charge in [-0.15, -0.1) is 0 Å². The molecule has 0 unspecified atom stereocenters. The molecule has 0 amide bonds. The van der Waals surface area contributed by atoms with Gasteiger partial charge < -0.3 is 9.47 Å². The Morgan fingerprint density at radius 2 is 2.11 bits per heavy atom. The van der Waals surface area contributed by atoms with E-state index in [1.807, 2.05) is 0 Å². The van der Waals surface area contributed by atoms with Crippen molar-refractivity contribution in [1.29, 1.82) is 0 Å². The summed E-state index contributed by atoms with van der Waals surface area (Å²) < 4.78 is 22.6. The predicted octanol–water partition coefficient (Wildman–Crippen LogP) is 3.79. The van der Waals surface area contributed by atoms with E-state index in [4.69, 9.17) is 9.47 Å². The van der Waals surface area contributed by atoms with Crippen molar-refractivity contribution in [3.05, 3.63) is 41.7 Å². The zero-order chi connectivity index (χ0) is 13.6. The molecule has 1 aromatic carbocycles. The maximum atomic E-state index is 12.9. The normalized spacial score (nSPS) is 11.6. The van der Waals surface area contributed by atoms with Crippen molar-refractivity contribution < 1.29 is 18.7 Å². The molecule has 18 heavy (non-hydrogen) atoms. The second-order valence-corrected chi connectivity index (χ2v) is 4.73. The summed E-state index contributed by atoms with van der Waals surface area (Å²) in [7, 11) is 0. The number of carbonyl (C=O) groups excluding carboxylic acids is 1. The van der Waals surface area contributed by atoms with Gasteiger partial charge in [0.05, 0.1) is 0 Å². The van der Waals surface area contributed by atoms with Gasteiger partial charge in [0, 0.05) is 0 Å². The van der Waals surface area contributed by atoms with E-state index in [0.717, 1.165) is 0 Å². The van der Waals surface area contributed by atoms with Gasteiger partial charge in [-0.05, 0) is 44.5 Å². The van der Waals surface area contributed by atoms with Gasteiger partial charge >= 0.3 is 6.16 Å². The van der Waals surface area contributed by atoms with Crippen molar-refractivity contribution in [1.82, 2.24) is 0 Å². The number of halogens is 1. The summed E-state index contributed by atoms with van der Waals surface area (Å²) in [6, 6.07) is 6.13. The van der Waals surface area contributed by atoms with Crippen LogP contribution in [0.15, 0.2) is 30.3 Å². The average molecular weight is 252 g/mol. The number of benzene rings is 1. The summed E-state index contributed by atoms with van der Waals surface area (Å²) in [5.41, 5.74) is 0.145. The van der Waals surface area contributed by atoms with E-state index in [1.54, 1.807) is 45.1 Å². The third-order valence-corrected chi connectivity index (χ3v) is 1.85. The Morgan fingerprint density at radius 3 is 2.72 bits per heavy atom. The molecule has 0 aliphatic heterocycles. The van der Waals surface area contributed by atoms with Crippen LogP contribution in [0.4, 0.5) is 9.18 Å². The molecule has 0 fully saturated rings. The van der Waals surface area contributed by atoms with Crippen molar-refractivity contribution in [3.63, 3.8) is 0 Å². The standard InChI is InChI=1S/C14H17FO3/c1-14(2,3)18-13(16)17-9-5-7-11-6-4-8-12(15)10-11/h4-8,10H,9H2,1-3H3/b7-5+. The van der Waals surface area contributed by atoms with E-state index < -0.39 is 11.8 Å². The lowest BCUT2D eigenvalue weighted by atomic mass is 10.2. The van der Waals surface area contributed by atoms with Crippen molar-refractivity contribution in [2.24, 2.45) is 0 Å². The van der Waals surface area contributed by atoms with Gasteiger partial charge in [-0.2, -0.15) is 0 Å². The van der Waals surface area contributed by atoms with Crippen LogP contribution in [0.1, 0.15) is 26.3 Å². The molecule has 1 rings (SSSR count). The van der Waals surface area contributed by atoms with E-state index in [2.05, 4.69) is 0 Å². The summed E-state index contributed by atoms with van der Waals surface area (Å²) in [6.07, 6.45) is 2.58. The van der Waals surface area contributed by atoms with Gasteiger partial charge in [0.1, 0.15) is 18.0 Å². The van der Waals surface area contributed by atoms with Crippen LogP contribution in [0.25, 0.3) is 6.08 Å². The van der Waals surface area contributed by atoms with Gasteiger partial charge in [0.2, 0.25) is 0 Å². The first-order valence-corrected chi connectivity index (χ1v) is 5.65. The molecule has 0 aliphatic carbocycles. The summed E-state index contributed by atoms with van der Waals surface area (Å²) in [5, 5.41) is 0. The Hall–Kier alpha value is -1.84. The lowest BCUT2D eigenvalue weighted by molar-refractivity contribution is -0.00234. The molecule has 0 bridgehead atoms. The minimum Gasteiger partial charge on any atom is -0.430 e. The summed E-state index contributed by atoms with van der Waals surface area (Å²) in [4.78, 5) is 11.2. The Kier molecular flexibility index (Phi) is 4.89. The molecule has 0 aromatic heterocycles. The Morgan fingerprint density at radius 1 is 1.39 bits per heavy atom. The number of hydrogen-bond donors (Lipinski definition) is 0. The molecular weight excluding hydrogens is 235 g/mol. The van der Waals surface area contributed by atoms with Gasteiger partial charge in [-0.25, -0.2) is 9.18 Å². The molecule has 4 heteroatoms. The topological polar surface area (TPSA) is 35.5 Å². The fourth-order valence-corrected chi connectivity index (χ4v) is 1.19. The lowest BCUT2D eigenvalue weighted by Crippen LogP contribution is -2.24. The highest BCUT2D eigenvalue weighted by atomic mass is 19.1. The van der Waals surface area contributed by atoms with Crippen molar-refractivity contribution in [2.45, 2.75) is 26.4 Å². The van der Waals surface area contributed by atoms with E-state index in [0.29, 0.717) is 5.56 Å². The van der Waals surface area contributed by atoms with Crippen LogP contribution in [-0.2, 0) is 9.47 Å². The Bertz CT molecular complexity index is 433. The minimum atomic E-state index is -0.716. The van der Waals surface area contributed by atoms with Crippen molar-refractivity contribution >= 4 is 12.2 Å². The molecule has 0 heterocycles. The smallest absolute Gasteiger partial charge is 0.430 e. The summed E-state index contributed by atoms with van der Waals surface area (Å²) in [6.45, 7) is 5.37. The van der Waals surface area contributed by atoms with Crippen LogP contribution in [0.3, 0.4) is 0 Å². The SMILES string of the molecule is CC(C)(C)OC(=O)OC/C=C/c1cccc(F)c1. The average Bonchev–Trinajstić information content (AvgIpc) is 2.22. The molecule has 0 N–H and O–H groups in total. The summed E-state index contributed by atoms with van der Waals surface area (Å²) in [5.74, 6) is -0.301. The molecule has 1 aromatic rings. The number of ether oxygens (including phenoxy) is 2. The zero-order valence-corrected chi connectivity index (χ0v) is 10.8. The second-order valence-electron chi connectivity index (χ2n) is 4.73. The third-order valence-electron chi connectivity index (χ3n) is 1.85. The predicted molar refractivity (Wildman–Crippen MR) is 67.6 cm³/mol. The lowest BCUT2D eigenvalue weighted by Gasteiger charge is -2.18. The van der Waals surface area contributed by atoms with Crippen molar-refractivity contribution in [3.8, 4) is 0 Å². The zero-order valence-electron chi connectivity index (χ0n) is 10.8. The largest absolute Gasteiger partial charge is 0.509 e. The first kappa shape index (κ1) is 14.2. The first-order valence-electron chi connectivity index (χ1n) is 5.65. The highest BCUT2D eigenvalue weighted by Crippen LogP contribution is 2.08. The molecule has 98 valence electrons. The maximum absolute atomic E-state index is 12.9. The van der Waals surface area contributed by atoms with Crippen LogP contribution in [0.5, 0.6) is 0 Å². The van der Waals surface area contributed by atoms with Crippen molar-refractivity contribution in [2.75, 3.05) is 6.61 Å². The quantitative estimate of drug-likeness (QED) is 0.768. The van der Waals surface area contributed by atoms with Gasteiger partial charge in [-0.1, -0.05) is 18.2 Å². The number of hydrogen-bond acceptors (Lipinski definition) is 3. The molecule has 0 radical (unpaired) electrons. The van der Waals surface area contributed by atoms with E-state index in [9.17, 15) is 9.18 Å². The molecule has 0 saturated heterocycles. The van der Waals surface area contributed by atoms with Gasteiger partial charge in [-0.3, -0.25) is 0 Å². The Labute approximate surface area is 106 Å². The molecule has 0 saturated carbocycles. The minimum absolute atomic E-state index is 0.0887. The van der Waals surface area contributed by atoms with E-state index >= 15 is 0 Å². The fourth-order valence-electron chi connectivity index (χ4n) is 1.19. The van der Waals surface area contributed by atoms with Crippen LogP contribution < -0.4 is 0 Å².